The van der Waals surface area contributed by atoms with Crippen LogP contribution in [0.15, 0.2) is 12.5 Å². The Kier molecular flexibility index (Phi) is 4.46. The first kappa shape index (κ1) is 12.2. The fraction of sp³-hybridized carbons (Fsp3) is 0.444. The van der Waals surface area contributed by atoms with Gasteiger partial charge in [0.2, 0.25) is 0 Å². The minimum atomic E-state index is -1.31. The second-order valence-corrected chi connectivity index (χ2v) is 3.28. The van der Waals surface area contributed by atoms with Gasteiger partial charge in [0.15, 0.2) is 0 Å². The van der Waals surface area contributed by atoms with E-state index in [-0.39, 0.29) is 6.54 Å². The number of nitrogens with one attached hydrogen (secondary N) is 1. The third-order valence-corrected chi connectivity index (χ3v) is 1.96. The van der Waals surface area contributed by atoms with Gasteiger partial charge in [-0.15, -0.1) is 0 Å². The molecule has 16 heavy (non-hydrogen) atoms. The van der Waals surface area contributed by atoms with Crippen molar-refractivity contribution in [2.45, 2.75) is 6.42 Å². The molecule has 0 aromatic carbocycles. The third-order valence-electron chi connectivity index (χ3n) is 1.96. The average molecular weight is 225 g/mol. The lowest BCUT2D eigenvalue weighted by Gasteiger charge is -2.22. The first-order valence-electron chi connectivity index (χ1n) is 4.67. The number of carbonyl (C=O) groups is 2. The number of aliphatic carboxylic acids is 2. The van der Waals surface area contributed by atoms with Gasteiger partial charge in [0.25, 0.3) is 0 Å². The molecule has 0 bridgehead atoms. The molecular formula is C9H11N3O4-2. The van der Waals surface area contributed by atoms with Crippen molar-refractivity contribution in [1.82, 2.24) is 14.9 Å². The summed E-state index contributed by atoms with van der Waals surface area (Å²) in [4.78, 5) is 28.6. The van der Waals surface area contributed by atoms with E-state index in [1.54, 1.807) is 6.20 Å². The summed E-state index contributed by atoms with van der Waals surface area (Å²) in [5.41, 5.74) is 0.807. The maximum atomic E-state index is 10.4. The van der Waals surface area contributed by atoms with Gasteiger partial charge < -0.3 is 24.8 Å². The number of aromatic amines is 1. The Morgan fingerprint density at radius 1 is 1.31 bits per heavy atom. The molecule has 0 aliphatic carbocycles. The molecule has 0 atom stereocenters. The van der Waals surface area contributed by atoms with Crippen LogP contribution in [0.25, 0.3) is 0 Å². The molecule has 0 aliphatic rings. The molecule has 1 aromatic rings. The Hall–Kier alpha value is -1.89. The predicted molar refractivity (Wildman–Crippen MR) is 48.7 cm³/mol. The van der Waals surface area contributed by atoms with Crippen LogP contribution >= 0.6 is 0 Å². The third kappa shape index (κ3) is 4.56. The summed E-state index contributed by atoms with van der Waals surface area (Å²) in [6.45, 7) is -0.575. The summed E-state index contributed by atoms with van der Waals surface area (Å²) in [6.07, 6.45) is 3.58. The van der Waals surface area contributed by atoms with Gasteiger partial charge in [-0.25, -0.2) is 4.98 Å². The monoisotopic (exact) mass is 225 g/mol. The van der Waals surface area contributed by atoms with Gasteiger partial charge in [-0.3, -0.25) is 4.90 Å². The van der Waals surface area contributed by atoms with E-state index < -0.39 is 25.0 Å². The van der Waals surface area contributed by atoms with Gasteiger partial charge in [-0.05, 0) is 0 Å². The molecule has 0 fully saturated rings. The molecule has 0 aliphatic heterocycles. The van der Waals surface area contributed by atoms with Crippen LogP contribution in [0.5, 0.6) is 0 Å². The first-order chi connectivity index (χ1) is 7.58. The van der Waals surface area contributed by atoms with Gasteiger partial charge >= 0.3 is 0 Å². The molecule has 1 N–H and O–H groups in total. The van der Waals surface area contributed by atoms with Crippen molar-refractivity contribution in [1.29, 1.82) is 0 Å². The maximum Gasteiger partial charge on any atom is 0.0921 e. The van der Waals surface area contributed by atoms with Crippen LogP contribution in [-0.2, 0) is 16.0 Å². The summed E-state index contributed by atoms with van der Waals surface area (Å²) < 4.78 is 0. The van der Waals surface area contributed by atoms with Crippen molar-refractivity contribution >= 4 is 11.9 Å². The number of carbonyl (C=O) groups excluding carboxylic acids is 2. The normalized spacial score (nSPS) is 10.6. The molecule has 88 valence electrons. The largest absolute Gasteiger partial charge is 0.549 e. The van der Waals surface area contributed by atoms with E-state index in [4.69, 9.17) is 0 Å². The number of hydrogen-bond acceptors (Lipinski definition) is 6. The Labute approximate surface area is 91.7 Å². The number of nitrogens with zero attached hydrogens (tertiary/aromatic N) is 2. The number of hydrogen-bond donors (Lipinski definition) is 1. The number of aromatic nitrogens is 2. The standard InChI is InChI=1S/C9H13N3O4/c13-8(14)4-12(5-9(15)16)2-1-7-3-10-6-11-7/h3,6H,1-2,4-5H2,(H,10,11)(H,13,14)(H,15,16)/p-2. The lowest BCUT2D eigenvalue weighted by atomic mass is 10.3. The fourth-order valence-corrected chi connectivity index (χ4v) is 1.28. The van der Waals surface area contributed by atoms with Crippen LogP contribution in [0.1, 0.15) is 5.69 Å². The van der Waals surface area contributed by atoms with E-state index in [0.29, 0.717) is 6.42 Å². The van der Waals surface area contributed by atoms with E-state index in [1.165, 1.54) is 11.2 Å². The van der Waals surface area contributed by atoms with E-state index in [9.17, 15) is 19.8 Å². The highest BCUT2D eigenvalue weighted by atomic mass is 16.4. The zero-order valence-corrected chi connectivity index (χ0v) is 8.51. The fourth-order valence-electron chi connectivity index (χ4n) is 1.28. The van der Waals surface area contributed by atoms with Crippen molar-refractivity contribution in [3.05, 3.63) is 18.2 Å². The molecule has 0 radical (unpaired) electrons. The smallest absolute Gasteiger partial charge is 0.0921 e. The van der Waals surface area contributed by atoms with Gasteiger partial charge in [-0.2, -0.15) is 0 Å². The van der Waals surface area contributed by atoms with E-state index in [2.05, 4.69) is 9.97 Å². The molecule has 0 saturated heterocycles. The van der Waals surface area contributed by atoms with Crippen molar-refractivity contribution < 1.29 is 19.8 Å². The summed E-state index contributed by atoms with van der Waals surface area (Å²) in [5.74, 6) is -2.63. The van der Waals surface area contributed by atoms with Crippen LogP contribution in [-0.4, -0.2) is 46.4 Å². The van der Waals surface area contributed by atoms with Crippen molar-refractivity contribution in [2.75, 3.05) is 19.6 Å². The quantitative estimate of drug-likeness (QED) is 0.521. The molecule has 0 unspecified atom stereocenters. The highest BCUT2D eigenvalue weighted by molar-refractivity contribution is 5.70. The second-order valence-electron chi connectivity index (χ2n) is 3.28. The number of H-pyrrole nitrogens is 1. The molecule has 1 aromatic heterocycles. The Bertz CT molecular complexity index is 334. The van der Waals surface area contributed by atoms with Crippen molar-refractivity contribution in [3.8, 4) is 0 Å². The molecule has 0 amide bonds. The van der Waals surface area contributed by atoms with Crippen LogP contribution in [0.4, 0.5) is 0 Å². The van der Waals surface area contributed by atoms with Crippen LogP contribution in [0.3, 0.4) is 0 Å². The summed E-state index contributed by atoms with van der Waals surface area (Å²) in [6, 6.07) is 0. The SMILES string of the molecule is O=C([O-])CN(CCc1cnc[nH]1)CC(=O)[O-]. The zero-order valence-electron chi connectivity index (χ0n) is 8.51. The van der Waals surface area contributed by atoms with Gasteiger partial charge in [0.1, 0.15) is 0 Å². The maximum absolute atomic E-state index is 10.4. The number of carboxylic acid groups (broad SMARTS) is 2. The highest BCUT2D eigenvalue weighted by Crippen LogP contribution is 1.96. The molecule has 0 saturated carbocycles. The first-order valence-corrected chi connectivity index (χ1v) is 4.67. The number of rotatable bonds is 7. The zero-order chi connectivity index (χ0) is 12.0. The summed E-state index contributed by atoms with van der Waals surface area (Å²) in [7, 11) is 0. The molecule has 7 nitrogen and oxygen atoms in total. The molecule has 0 spiro atoms. The van der Waals surface area contributed by atoms with Crippen LogP contribution in [0, 0.1) is 0 Å². The molecular weight excluding hydrogens is 214 g/mol. The van der Waals surface area contributed by atoms with Crippen LogP contribution < -0.4 is 10.2 Å². The van der Waals surface area contributed by atoms with E-state index >= 15 is 0 Å². The average Bonchev–Trinajstić information content (AvgIpc) is 2.64. The second kappa shape index (κ2) is 5.86. The molecule has 1 heterocycles. The molecule has 1 rings (SSSR count). The Balaban J connectivity index is 2.43. The van der Waals surface area contributed by atoms with Crippen molar-refractivity contribution in [2.24, 2.45) is 0 Å². The lowest BCUT2D eigenvalue weighted by molar-refractivity contribution is -0.310. The summed E-state index contributed by atoms with van der Waals surface area (Å²) >= 11 is 0. The van der Waals surface area contributed by atoms with Crippen molar-refractivity contribution in [3.63, 3.8) is 0 Å². The highest BCUT2D eigenvalue weighted by Gasteiger charge is 2.06. The predicted octanol–water partition coefficient (Wildman–Crippen LogP) is -3.25. The van der Waals surface area contributed by atoms with Gasteiger partial charge in [-0.1, -0.05) is 0 Å². The topological polar surface area (TPSA) is 112 Å². The minimum absolute atomic E-state index is 0.282. The number of imidazole rings is 1. The van der Waals surface area contributed by atoms with Gasteiger partial charge in [0, 0.05) is 37.9 Å². The summed E-state index contributed by atoms with van der Waals surface area (Å²) in [5, 5.41) is 20.7. The molecule has 7 heteroatoms. The van der Waals surface area contributed by atoms with E-state index in [0.717, 1.165) is 5.69 Å². The van der Waals surface area contributed by atoms with Gasteiger partial charge in [0.05, 0.1) is 18.3 Å². The lowest BCUT2D eigenvalue weighted by Crippen LogP contribution is -2.44. The Morgan fingerprint density at radius 3 is 2.38 bits per heavy atom. The Morgan fingerprint density at radius 2 is 1.94 bits per heavy atom. The minimum Gasteiger partial charge on any atom is -0.549 e. The number of carboxylic acids is 2. The van der Waals surface area contributed by atoms with Crippen LogP contribution in [0.2, 0.25) is 0 Å². The van der Waals surface area contributed by atoms with E-state index in [1.807, 2.05) is 0 Å².